The van der Waals surface area contributed by atoms with Crippen LogP contribution in [0.15, 0.2) is 12.1 Å². The molecule has 0 saturated heterocycles. The number of methoxy groups -OCH3 is 2. The number of nitrogens with one attached hydrogen (secondary N) is 1. The summed E-state index contributed by atoms with van der Waals surface area (Å²) in [6.45, 7) is 0.775. The van der Waals surface area contributed by atoms with E-state index in [1.807, 2.05) is 12.1 Å². The molecule has 1 aromatic rings. The first-order valence-corrected chi connectivity index (χ1v) is 7.29. The Morgan fingerprint density at radius 1 is 1.25 bits per heavy atom. The molecule has 112 valence electrons. The molecule has 4 nitrogen and oxygen atoms in total. The molecular weight excluding hydrogens is 278 g/mol. The molecule has 0 radical (unpaired) electrons. The highest BCUT2D eigenvalue weighted by atomic mass is 35.5. The van der Waals surface area contributed by atoms with Crippen LogP contribution in [0.25, 0.3) is 0 Å². The van der Waals surface area contributed by atoms with Gasteiger partial charge in [-0.3, -0.25) is 0 Å². The van der Waals surface area contributed by atoms with Crippen molar-refractivity contribution in [1.29, 1.82) is 0 Å². The van der Waals surface area contributed by atoms with Crippen molar-refractivity contribution >= 4 is 11.6 Å². The van der Waals surface area contributed by atoms with E-state index >= 15 is 0 Å². The smallest absolute Gasteiger partial charge is 0.179 e. The van der Waals surface area contributed by atoms with Crippen LogP contribution in [0.5, 0.6) is 11.5 Å². The summed E-state index contributed by atoms with van der Waals surface area (Å²) in [5.74, 6) is 1.18. The zero-order valence-corrected chi connectivity index (χ0v) is 12.8. The quantitative estimate of drug-likeness (QED) is 0.848. The largest absolute Gasteiger partial charge is 0.493 e. The monoisotopic (exact) mass is 299 g/mol. The molecule has 1 fully saturated rings. The van der Waals surface area contributed by atoms with Gasteiger partial charge in [0.15, 0.2) is 11.5 Å². The van der Waals surface area contributed by atoms with E-state index in [1.165, 1.54) is 0 Å². The molecule has 1 aliphatic rings. The van der Waals surface area contributed by atoms with Gasteiger partial charge < -0.3 is 19.9 Å². The van der Waals surface area contributed by atoms with Gasteiger partial charge in [0.25, 0.3) is 0 Å². The van der Waals surface area contributed by atoms with Gasteiger partial charge in [0.1, 0.15) is 0 Å². The van der Waals surface area contributed by atoms with Gasteiger partial charge in [0.2, 0.25) is 0 Å². The first kappa shape index (κ1) is 15.4. The highest BCUT2D eigenvalue weighted by molar-refractivity contribution is 6.33. The average molecular weight is 300 g/mol. The van der Waals surface area contributed by atoms with Crippen LogP contribution in [-0.4, -0.2) is 31.5 Å². The second-order valence-electron chi connectivity index (χ2n) is 5.27. The molecule has 1 saturated carbocycles. The molecule has 0 amide bonds. The molecular formula is C15H22ClNO3. The third-order valence-electron chi connectivity index (χ3n) is 4.08. The summed E-state index contributed by atoms with van der Waals surface area (Å²) in [6, 6.07) is 3.78. The minimum atomic E-state index is -0.156. The van der Waals surface area contributed by atoms with Crippen molar-refractivity contribution in [2.75, 3.05) is 20.8 Å². The van der Waals surface area contributed by atoms with Crippen molar-refractivity contribution in [3.8, 4) is 11.5 Å². The molecule has 20 heavy (non-hydrogen) atoms. The number of rotatable bonds is 6. The van der Waals surface area contributed by atoms with Gasteiger partial charge >= 0.3 is 0 Å². The summed E-state index contributed by atoms with van der Waals surface area (Å²) in [5, 5.41) is 13.6. The van der Waals surface area contributed by atoms with E-state index in [4.69, 9.17) is 21.1 Å². The molecule has 0 spiro atoms. The molecule has 0 atom stereocenters. The van der Waals surface area contributed by atoms with Gasteiger partial charge in [-0.25, -0.2) is 0 Å². The van der Waals surface area contributed by atoms with Crippen molar-refractivity contribution in [2.24, 2.45) is 0 Å². The molecule has 1 aliphatic carbocycles. The predicted molar refractivity (Wildman–Crippen MR) is 79.7 cm³/mol. The van der Waals surface area contributed by atoms with E-state index in [1.54, 1.807) is 14.2 Å². The van der Waals surface area contributed by atoms with Crippen LogP contribution in [0.1, 0.15) is 31.2 Å². The minimum Gasteiger partial charge on any atom is -0.493 e. The molecule has 0 unspecified atom stereocenters. The van der Waals surface area contributed by atoms with Crippen LogP contribution in [0.4, 0.5) is 0 Å². The zero-order chi connectivity index (χ0) is 14.6. The molecule has 2 N–H and O–H groups in total. The average Bonchev–Trinajstić information content (AvgIpc) is 2.95. The van der Waals surface area contributed by atoms with Gasteiger partial charge in [0, 0.05) is 12.1 Å². The summed E-state index contributed by atoms with van der Waals surface area (Å²) in [7, 11) is 3.17. The van der Waals surface area contributed by atoms with Crippen molar-refractivity contribution in [3.05, 3.63) is 22.7 Å². The van der Waals surface area contributed by atoms with Crippen LogP contribution in [0.2, 0.25) is 5.02 Å². The SMILES string of the molecule is COc1ccc(CNC2(CO)CCCC2)c(Cl)c1OC. The standard InChI is InChI=1S/C15H22ClNO3/c1-19-12-6-5-11(13(16)14(12)20-2)9-17-15(10-18)7-3-4-8-15/h5-6,17-18H,3-4,7-10H2,1-2H3. The molecule has 0 bridgehead atoms. The second kappa shape index (κ2) is 6.66. The summed E-state index contributed by atoms with van der Waals surface area (Å²) in [4.78, 5) is 0. The minimum absolute atomic E-state index is 0.156. The number of halogens is 1. The Morgan fingerprint density at radius 3 is 2.50 bits per heavy atom. The Kier molecular flexibility index (Phi) is 5.13. The first-order chi connectivity index (χ1) is 9.65. The number of benzene rings is 1. The van der Waals surface area contributed by atoms with Crippen LogP contribution >= 0.6 is 11.6 Å². The summed E-state index contributed by atoms with van der Waals surface area (Å²) < 4.78 is 10.5. The van der Waals surface area contributed by atoms with Crippen LogP contribution < -0.4 is 14.8 Å². The topological polar surface area (TPSA) is 50.7 Å². The van der Waals surface area contributed by atoms with Crippen molar-refractivity contribution < 1.29 is 14.6 Å². The Morgan fingerprint density at radius 2 is 1.95 bits per heavy atom. The van der Waals surface area contributed by atoms with Crippen LogP contribution in [-0.2, 0) is 6.54 Å². The maximum absolute atomic E-state index is 9.61. The van der Waals surface area contributed by atoms with Crippen LogP contribution in [0.3, 0.4) is 0 Å². The van der Waals surface area contributed by atoms with E-state index in [-0.39, 0.29) is 12.1 Å². The van der Waals surface area contributed by atoms with Crippen LogP contribution in [0, 0.1) is 0 Å². The summed E-state index contributed by atoms with van der Waals surface area (Å²) in [5.41, 5.74) is 0.792. The molecule has 0 aromatic heterocycles. The number of hydrogen-bond donors (Lipinski definition) is 2. The lowest BCUT2D eigenvalue weighted by atomic mass is 9.98. The number of aliphatic hydroxyl groups is 1. The van der Waals surface area contributed by atoms with E-state index in [0.29, 0.717) is 23.1 Å². The number of ether oxygens (including phenoxy) is 2. The summed E-state index contributed by atoms with van der Waals surface area (Å²) in [6.07, 6.45) is 4.34. The normalized spacial score (nSPS) is 17.2. The highest BCUT2D eigenvalue weighted by Crippen LogP contribution is 2.38. The Bertz CT molecular complexity index is 459. The van der Waals surface area contributed by atoms with Crippen molar-refractivity contribution in [2.45, 2.75) is 37.8 Å². The lowest BCUT2D eigenvalue weighted by molar-refractivity contribution is 0.163. The van der Waals surface area contributed by atoms with E-state index in [2.05, 4.69) is 5.32 Å². The number of hydrogen-bond acceptors (Lipinski definition) is 4. The summed E-state index contributed by atoms with van der Waals surface area (Å²) >= 11 is 6.36. The maximum Gasteiger partial charge on any atom is 0.179 e. The van der Waals surface area contributed by atoms with Gasteiger partial charge in [0.05, 0.1) is 25.8 Å². The molecule has 1 aromatic carbocycles. The third kappa shape index (κ3) is 3.03. The fraction of sp³-hybridized carbons (Fsp3) is 0.600. The predicted octanol–water partition coefficient (Wildman–Crippen LogP) is 2.75. The van der Waals surface area contributed by atoms with Gasteiger partial charge in [-0.05, 0) is 24.5 Å². The Labute approximate surface area is 125 Å². The zero-order valence-electron chi connectivity index (χ0n) is 12.0. The highest BCUT2D eigenvalue weighted by Gasteiger charge is 2.32. The van der Waals surface area contributed by atoms with E-state index in [9.17, 15) is 5.11 Å². The van der Waals surface area contributed by atoms with Gasteiger partial charge in [-0.1, -0.05) is 30.5 Å². The first-order valence-electron chi connectivity index (χ1n) is 6.91. The lowest BCUT2D eigenvalue weighted by Crippen LogP contribution is -2.45. The van der Waals surface area contributed by atoms with Gasteiger partial charge in [-0.15, -0.1) is 0 Å². The fourth-order valence-corrected chi connectivity index (χ4v) is 3.09. The lowest BCUT2D eigenvalue weighted by Gasteiger charge is -2.28. The van der Waals surface area contributed by atoms with Crippen molar-refractivity contribution in [1.82, 2.24) is 5.32 Å². The number of aliphatic hydroxyl groups excluding tert-OH is 1. The Balaban J connectivity index is 2.13. The van der Waals surface area contributed by atoms with E-state index in [0.717, 1.165) is 31.2 Å². The van der Waals surface area contributed by atoms with Gasteiger partial charge in [-0.2, -0.15) is 0 Å². The maximum atomic E-state index is 9.61. The van der Waals surface area contributed by atoms with Crippen molar-refractivity contribution in [3.63, 3.8) is 0 Å². The third-order valence-corrected chi connectivity index (χ3v) is 4.50. The fourth-order valence-electron chi connectivity index (χ4n) is 2.79. The molecule has 2 rings (SSSR count). The molecule has 0 aliphatic heterocycles. The Hall–Kier alpha value is -0.970. The second-order valence-corrected chi connectivity index (χ2v) is 5.65. The molecule has 0 heterocycles. The van der Waals surface area contributed by atoms with E-state index < -0.39 is 0 Å². The molecule has 5 heteroatoms.